The molecule has 0 aliphatic rings. The third-order valence-electron chi connectivity index (χ3n) is 2.21. The summed E-state index contributed by atoms with van der Waals surface area (Å²) >= 11 is 0. The van der Waals surface area contributed by atoms with E-state index in [0.29, 0.717) is 18.1 Å². The number of hydrogen-bond donors (Lipinski definition) is 0. The number of carbonyl (C=O) groups is 1. The van der Waals surface area contributed by atoms with E-state index in [2.05, 4.69) is 0 Å². The van der Waals surface area contributed by atoms with Gasteiger partial charge in [0.1, 0.15) is 5.75 Å². The predicted octanol–water partition coefficient (Wildman–Crippen LogP) is 2.94. The standard InChI is InChI=1S/C12H15NO4/c1-9(2)3-8-12(14)17-11-6-4-10(5-7-11)13(15)16/h4-7,9H,3,8H2,1-2H3. The van der Waals surface area contributed by atoms with Crippen molar-refractivity contribution >= 4 is 11.7 Å². The molecule has 0 atom stereocenters. The highest BCUT2D eigenvalue weighted by atomic mass is 16.6. The summed E-state index contributed by atoms with van der Waals surface area (Å²) in [5, 5.41) is 10.4. The van der Waals surface area contributed by atoms with Crippen molar-refractivity contribution in [3.63, 3.8) is 0 Å². The van der Waals surface area contributed by atoms with Crippen LogP contribution in [0.2, 0.25) is 0 Å². The molecule has 1 rings (SSSR count). The van der Waals surface area contributed by atoms with E-state index in [9.17, 15) is 14.9 Å². The molecule has 0 amide bonds. The van der Waals surface area contributed by atoms with Gasteiger partial charge in [-0.25, -0.2) is 0 Å². The van der Waals surface area contributed by atoms with Crippen LogP contribution in [0, 0.1) is 16.0 Å². The Bertz CT molecular complexity index is 397. The molecule has 0 saturated carbocycles. The number of ether oxygens (including phenoxy) is 1. The van der Waals surface area contributed by atoms with E-state index >= 15 is 0 Å². The van der Waals surface area contributed by atoms with Gasteiger partial charge in [0, 0.05) is 18.6 Å². The van der Waals surface area contributed by atoms with Crippen LogP contribution in [-0.4, -0.2) is 10.9 Å². The van der Waals surface area contributed by atoms with Crippen molar-refractivity contribution in [2.75, 3.05) is 0 Å². The fraction of sp³-hybridized carbons (Fsp3) is 0.417. The minimum absolute atomic E-state index is 0.0213. The molecule has 1 aromatic rings. The van der Waals surface area contributed by atoms with Crippen molar-refractivity contribution in [2.24, 2.45) is 5.92 Å². The van der Waals surface area contributed by atoms with Crippen LogP contribution in [0.4, 0.5) is 5.69 Å². The highest BCUT2D eigenvalue weighted by molar-refractivity contribution is 5.72. The Morgan fingerprint density at radius 2 is 1.94 bits per heavy atom. The first-order valence-corrected chi connectivity index (χ1v) is 5.44. The van der Waals surface area contributed by atoms with Crippen molar-refractivity contribution in [1.82, 2.24) is 0 Å². The van der Waals surface area contributed by atoms with Gasteiger partial charge in [0.15, 0.2) is 0 Å². The Labute approximate surface area is 99.5 Å². The van der Waals surface area contributed by atoms with E-state index in [0.717, 1.165) is 6.42 Å². The number of nitrogens with zero attached hydrogens (tertiary/aromatic N) is 1. The molecule has 0 fully saturated rings. The molecule has 92 valence electrons. The Morgan fingerprint density at radius 1 is 1.35 bits per heavy atom. The fourth-order valence-electron chi connectivity index (χ4n) is 1.22. The highest BCUT2D eigenvalue weighted by Gasteiger charge is 2.08. The minimum Gasteiger partial charge on any atom is -0.427 e. The first-order chi connectivity index (χ1) is 7.99. The van der Waals surface area contributed by atoms with E-state index < -0.39 is 4.92 Å². The van der Waals surface area contributed by atoms with Gasteiger partial charge >= 0.3 is 5.97 Å². The maximum atomic E-state index is 11.4. The van der Waals surface area contributed by atoms with Crippen LogP contribution in [0.5, 0.6) is 5.75 Å². The third kappa shape index (κ3) is 4.63. The molecule has 0 aliphatic heterocycles. The number of nitro benzene ring substituents is 1. The number of non-ortho nitro benzene ring substituents is 1. The van der Waals surface area contributed by atoms with E-state index in [1.54, 1.807) is 0 Å². The summed E-state index contributed by atoms with van der Waals surface area (Å²) in [7, 11) is 0. The molecule has 5 heteroatoms. The Kier molecular flexibility index (Phi) is 4.63. The summed E-state index contributed by atoms with van der Waals surface area (Å²) in [4.78, 5) is 21.3. The third-order valence-corrected chi connectivity index (χ3v) is 2.21. The minimum atomic E-state index is -0.496. The molecule has 17 heavy (non-hydrogen) atoms. The first-order valence-electron chi connectivity index (χ1n) is 5.44. The van der Waals surface area contributed by atoms with Crippen LogP contribution in [-0.2, 0) is 4.79 Å². The Balaban J connectivity index is 2.51. The molecule has 0 heterocycles. The Morgan fingerprint density at radius 3 is 2.41 bits per heavy atom. The van der Waals surface area contributed by atoms with Gasteiger partial charge in [0.05, 0.1) is 4.92 Å². The van der Waals surface area contributed by atoms with Gasteiger partial charge in [0.2, 0.25) is 0 Å². The zero-order valence-corrected chi connectivity index (χ0v) is 9.88. The summed E-state index contributed by atoms with van der Waals surface area (Å²) in [5.41, 5.74) is -0.0213. The van der Waals surface area contributed by atoms with Crippen LogP contribution in [0.1, 0.15) is 26.7 Å². The first kappa shape index (κ1) is 13.2. The number of esters is 1. The quantitative estimate of drug-likeness (QED) is 0.341. The number of hydrogen-bond acceptors (Lipinski definition) is 4. The molecular weight excluding hydrogens is 222 g/mol. The average molecular weight is 237 g/mol. The van der Waals surface area contributed by atoms with E-state index in [-0.39, 0.29) is 11.7 Å². The van der Waals surface area contributed by atoms with Gasteiger partial charge in [0.25, 0.3) is 5.69 Å². The largest absolute Gasteiger partial charge is 0.427 e. The highest BCUT2D eigenvalue weighted by Crippen LogP contribution is 2.18. The van der Waals surface area contributed by atoms with E-state index in [1.807, 2.05) is 13.8 Å². The number of benzene rings is 1. The molecule has 0 unspecified atom stereocenters. The zero-order chi connectivity index (χ0) is 12.8. The smallest absolute Gasteiger partial charge is 0.311 e. The molecule has 5 nitrogen and oxygen atoms in total. The maximum absolute atomic E-state index is 11.4. The second kappa shape index (κ2) is 5.98. The molecule has 0 aliphatic carbocycles. The summed E-state index contributed by atoms with van der Waals surface area (Å²) < 4.78 is 5.04. The van der Waals surface area contributed by atoms with Crippen LogP contribution in [0.3, 0.4) is 0 Å². The summed E-state index contributed by atoms with van der Waals surface area (Å²) in [5.74, 6) is 0.469. The molecule has 0 saturated heterocycles. The predicted molar refractivity (Wildman–Crippen MR) is 62.8 cm³/mol. The molecule has 0 aromatic heterocycles. The van der Waals surface area contributed by atoms with Crippen molar-refractivity contribution in [2.45, 2.75) is 26.7 Å². The number of rotatable bonds is 5. The molecule has 0 N–H and O–H groups in total. The molecule has 1 aromatic carbocycles. The molecule has 0 radical (unpaired) electrons. The maximum Gasteiger partial charge on any atom is 0.311 e. The van der Waals surface area contributed by atoms with Gasteiger partial charge in [-0.3, -0.25) is 14.9 Å². The van der Waals surface area contributed by atoms with Gasteiger partial charge < -0.3 is 4.74 Å². The van der Waals surface area contributed by atoms with E-state index in [1.165, 1.54) is 24.3 Å². The normalized spacial score (nSPS) is 10.3. The van der Waals surface area contributed by atoms with Crippen molar-refractivity contribution in [3.8, 4) is 5.75 Å². The second-order valence-corrected chi connectivity index (χ2v) is 4.16. The lowest BCUT2D eigenvalue weighted by Crippen LogP contribution is -2.08. The zero-order valence-electron chi connectivity index (χ0n) is 9.88. The van der Waals surface area contributed by atoms with Crippen LogP contribution in [0.25, 0.3) is 0 Å². The summed E-state index contributed by atoms with van der Waals surface area (Å²) in [6, 6.07) is 5.47. The summed E-state index contributed by atoms with van der Waals surface area (Å²) in [6.45, 7) is 4.05. The van der Waals surface area contributed by atoms with Gasteiger partial charge in [-0.05, 0) is 24.5 Å². The lowest BCUT2D eigenvalue weighted by Gasteiger charge is -2.05. The van der Waals surface area contributed by atoms with Crippen molar-refractivity contribution in [1.29, 1.82) is 0 Å². The fourth-order valence-corrected chi connectivity index (χ4v) is 1.22. The monoisotopic (exact) mass is 237 g/mol. The number of carbonyl (C=O) groups excluding carboxylic acids is 1. The Hall–Kier alpha value is -1.91. The van der Waals surface area contributed by atoms with E-state index in [4.69, 9.17) is 4.74 Å². The van der Waals surface area contributed by atoms with Gasteiger partial charge in [-0.2, -0.15) is 0 Å². The lowest BCUT2D eigenvalue weighted by atomic mass is 10.1. The topological polar surface area (TPSA) is 69.4 Å². The van der Waals surface area contributed by atoms with Crippen LogP contribution >= 0.6 is 0 Å². The van der Waals surface area contributed by atoms with Crippen molar-refractivity contribution in [3.05, 3.63) is 34.4 Å². The SMILES string of the molecule is CC(C)CCC(=O)Oc1ccc([N+](=O)[O-])cc1. The van der Waals surface area contributed by atoms with Crippen molar-refractivity contribution < 1.29 is 14.5 Å². The van der Waals surface area contributed by atoms with Crippen LogP contribution in [0.15, 0.2) is 24.3 Å². The average Bonchev–Trinajstić information content (AvgIpc) is 2.27. The molecular formula is C12H15NO4. The molecule has 0 bridgehead atoms. The van der Waals surface area contributed by atoms with Crippen LogP contribution < -0.4 is 4.74 Å². The van der Waals surface area contributed by atoms with Gasteiger partial charge in [-0.1, -0.05) is 13.8 Å². The second-order valence-electron chi connectivity index (χ2n) is 4.16. The van der Waals surface area contributed by atoms with Gasteiger partial charge in [-0.15, -0.1) is 0 Å². The lowest BCUT2D eigenvalue weighted by molar-refractivity contribution is -0.384. The summed E-state index contributed by atoms with van der Waals surface area (Å²) in [6.07, 6.45) is 1.13. The number of nitro groups is 1. The molecule has 0 spiro atoms.